The van der Waals surface area contributed by atoms with Gasteiger partial charge in [0.1, 0.15) is 5.75 Å². The fourth-order valence-corrected chi connectivity index (χ4v) is 2.70. The Morgan fingerprint density at radius 2 is 2.36 bits per heavy atom. The molecule has 5 heteroatoms. The largest absolute Gasteiger partial charge is 0.484 e. The van der Waals surface area contributed by atoms with E-state index in [0.717, 1.165) is 36.1 Å². The smallest absolute Gasteiger partial charge is 0.264 e. The monoisotopic (exact) mass is 300 g/mol. The molecule has 0 aliphatic heterocycles. The van der Waals surface area contributed by atoms with Crippen molar-refractivity contribution in [3.05, 3.63) is 41.1 Å². The molecule has 1 aromatic heterocycles. The Kier molecular flexibility index (Phi) is 4.13. The number of rotatable bonds is 4. The van der Waals surface area contributed by atoms with Gasteiger partial charge in [-0.25, -0.2) is 0 Å². The number of aromatic nitrogens is 1. The van der Waals surface area contributed by atoms with E-state index in [9.17, 15) is 4.79 Å². The second-order valence-electron chi connectivity index (χ2n) is 5.94. The van der Waals surface area contributed by atoms with Gasteiger partial charge in [-0.3, -0.25) is 10.1 Å². The maximum atomic E-state index is 12.0. The summed E-state index contributed by atoms with van der Waals surface area (Å²) in [4.78, 5) is 12.0. The van der Waals surface area contributed by atoms with Crippen LogP contribution < -0.4 is 10.1 Å². The van der Waals surface area contributed by atoms with Crippen LogP contribution in [0, 0.1) is 12.8 Å². The molecule has 1 atom stereocenters. The second kappa shape index (κ2) is 6.22. The van der Waals surface area contributed by atoms with E-state index in [1.54, 1.807) is 0 Å². The Hall–Kier alpha value is -2.30. The molecular weight excluding hydrogens is 280 g/mol. The van der Waals surface area contributed by atoms with Gasteiger partial charge in [-0.15, -0.1) is 0 Å². The number of nitrogens with one attached hydrogen (secondary N) is 1. The van der Waals surface area contributed by atoms with E-state index in [2.05, 4.69) is 17.4 Å². The van der Waals surface area contributed by atoms with Crippen LogP contribution in [-0.4, -0.2) is 17.7 Å². The number of carbonyl (C=O) groups excluding carboxylic acids is 1. The molecule has 1 heterocycles. The summed E-state index contributed by atoms with van der Waals surface area (Å²) in [5.74, 6) is 1.51. The molecule has 0 saturated heterocycles. The molecule has 0 radical (unpaired) electrons. The third kappa shape index (κ3) is 3.30. The Bertz CT molecular complexity index is 678. The Morgan fingerprint density at radius 3 is 3.18 bits per heavy atom. The molecule has 1 N–H and O–H groups in total. The van der Waals surface area contributed by atoms with Gasteiger partial charge in [-0.2, -0.15) is 0 Å². The van der Waals surface area contributed by atoms with Crippen molar-refractivity contribution in [2.24, 2.45) is 5.92 Å². The molecule has 0 fully saturated rings. The van der Waals surface area contributed by atoms with Crippen molar-refractivity contribution in [1.29, 1.82) is 0 Å². The Labute approximate surface area is 129 Å². The van der Waals surface area contributed by atoms with E-state index in [0.29, 0.717) is 17.6 Å². The number of carbonyl (C=O) groups is 1. The zero-order valence-corrected chi connectivity index (χ0v) is 12.9. The minimum atomic E-state index is -0.237. The molecule has 1 aromatic carbocycles. The number of ether oxygens (including phenoxy) is 1. The van der Waals surface area contributed by atoms with Crippen molar-refractivity contribution < 1.29 is 14.1 Å². The van der Waals surface area contributed by atoms with E-state index in [1.165, 1.54) is 0 Å². The fourth-order valence-electron chi connectivity index (χ4n) is 2.70. The van der Waals surface area contributed by atoms with Gasteiger partial charge < -0.3 is 9.26 Å². The highest BCUT2D eigenvalue weighted by atomic mass is 16.5. The second-order valence-corrected chi connectivity index (χ2v) is 5.94. The molecule has 1 amide bonds. The number of anilines is 1. The van der Waals surface area contributed by atoms with E-state index >= 15 is 0 Å². The van der Waals surface area contributed by atoms with Crippen LogP contribution >= 0.6 is 0 Å². The van der Waals surface area contributed by atoms with E-state index in [-0.39, 0.29) is 12.5 Å². The first kappa shape index (κ1) is 14.6. The molecule has 1 aliphatic rings. The molecule has 2 aromatic rings. The van der Waals surface area contributed by atoms with Crippen LogP contribution in [0.5, 0.6) is 5.75 Å². The molecule has 1 aliphatic carbocycles. The highest BCUT2D eigenvalue weighted by Gasteiger charge is 2.24. The molecule has 5 nitrogen and oxygen atoms in total. The SMILES string of the molecule is Cc1cccc(OCC(=O)Nc2onc3c2CC(C)CC3)c1. The van der Waals surface area contributed by atoms with Gasteiger partial charge in [0, 0.05) is 5.56 Å². The molecule has 0 saturated carbocycles. The van der Waals surface area contributed by atoms with Crippen molar-refractivity contribution in [3.8, 4) is 5.75 Å². The molecule has 1 unspecified atom stereocenters. The summed E-state index contributed by atoms with van der Waals surface area (Å²) in [6.07, 6.45) is 2.92. The minimum absolute atomic E-state index is 0.0471. The lowest BCUT2D eigenvalue weighted by Gasteiger charge is -2.16. The summed E-state index contributed by atoms with van der Waals surface area (Å²) in [5.41, 5.74) is 3.09. The van der Waals surface area contributed by atoms with Gasteiger partial charge >= 0.3 is 0 Å². The number of hydrogen-bond acceptors (Lipinski definition) is 4. The topological polar surface area (TPSA) is 64.4 Å². The molecule has 22 heavy (non-hydrogen) atoms. The summed E-state index contributed by atoms with van der Waals surface area (Å²) in [5, 5.41) is 6.81. The van der Waals surface area contributed by atoms with Crippen molar-refractivity contribution in [1.82, 2.24) is 5.16 Å². The lowest BCUT2D eigenvalue weighted by Crippen LogP contribution is -2.21. The third-order valence-electron chi connectivity index (χ3n) is 3.91. The first-order chi connectivity index (χ1) is 10.6. The van der Waals surface area contributed by atoms with Crippen LogP contribution in [0.25, 0.3) is 0 Å². The Morgan fingerprint density at radius 1 is 1.50 bits per heavy atom. The van der Waals surface area contributed by atoms with Crippen molar-refractivity contribution in [3.63, 3.8) is 0 Å². The maximum absolute atomic E-state index is 12.0. The molecule has 0 spiro atoms. The van der Waals surface area contributed by atoms with Crippen LogP contribution in [0.3, 0.4) is 0 Å². The van der Waals surface area contributed by atoms with Gasteiger partial charge in [0.2, 0.25) is 5.88 Å². The summed E-state index contributed by atoms with van der Waals surface area (Å²) in [6.45, 7) is 4.13. The number of amides is 1. The fraction of sp³-hybridized carbons (Fsp3) is 0.412. The number of benzene rings is 1. The predicted octanol–water partition coefficient (Wildman–Crippen LogP) is 3.13. The summed E-state index contributed by atoms with van der Waals surface area (Å²) in [6, 6.07) is 7.61. The first-order valence-corrected chi connectivity index (χ1v) is 7.58. The summed E-state index contributed by atoms with van der Waals surface area (Å²) in [7, 11) is 0. The van der Waals surface area contributed by atoms with Crippen LogP contribution in [0.15, 0.2) is 28.8 Å². The van der Waals surface area contributed by atoms with Crippen LogP contribution in [-0.2, 0) is 17.6 Å². The van der Waals surface area contributed by atoms with Crippen LogP contribution in [0.4, 0.5) is 5.88 Å². The quantitative estimate of drug-likeness (QED) is 0.942. The highest BCUT2D eigenvalue weighted by Crippen LogP contribution is 2.30. The van der Waals surface area contributed by atoms with Crippen molar-refractivity contribution in [2.75, 3.05) is 11.9 Å². The van der Waals surface area contributed by atoms with Gasteiger partial charge in [0.05, 0.1) is 5.69 Å². The average molecular weight is 300 g/mol. The van der Waals surface area contributed by atoms with E-state index in [1.807, 2.05) is 31.2 Å². The van der Waals surface area contributed by atoms with Gasteiger partial charge in [-0.05, 0) is 49.8 Å². The first-order valence-electron chi connectivity index (χ1n) is 7.58. The van der Waals surface area contributed by atoms with Gasteiger partial charge in [0.25, 0.3) is 5.91 Å². The maximum Gasteiger partial charge on any atom is 0.264 e. The predicted molar refractivity (Wildman–Crippen MR) is 83.0 cm³/mol. The lowest BCUT2D eigenvalue weighted by atomic mass is 9.89. The zero-order valence-electron chi connectivity index (χ0n) is 12.9. The number of fused-ring (bicyclic) bond motifs is 1. The zero-order chi connectivity index (χ0) is 15.5. The molecule has 3 rings (SSSR count). The highest BCUT2D eigenvalue weighted by molar-refractivity contribution is 5.91. The lowest BCUT2D eigenvalue weighted by molar-refractivity contribution is -0.118. The van der Waals surface area contributed by atoms with Gasteiger partial charge in [-0.1, -0.05) is 24.2 Å². The van der Waals surface area contributed by atoms with E-state index in [4.69, 9.17) is 9.26 Å². The number of aryl methyl sites for hydroxylation is 2. The van der Waals surface area contributed by atoms with Crippen LogP contribution in [0.2, 0.25) is 0 Å². The van der Waals surface area contributed by atoms with Crippen LogP contribution in [0.1, 0.15) is 30.2 Å². The summed E-state index contributed by atoms with van der Waals surface area (Å²) < 4.78 is 10.8. The minimum Gasteiger partial charge on any atom is -0.484 e. The number of nitrogens with zero attached hydrogens (tertiary/aromatic N) is 1. The Balaban J connectivity index is 1.59. The van der Waals surface area contributed by atoms with Crippen molar-refractivity contribution >= 4 is 11.8 Å². The molecular formula is C17H20N2O3. The summed E-state index contributed by atoms with van der Waals surface area (Å²) >= 11 is 0. The molecule has 0 bridgehead atoms. The van der Waals surface area contributed by atoms with E-state index < -0.39 is 0 Å². The average Bonchev–Trinajstić information content (AvgIpc) is 2.88. The molecule has 116 valence electrons. The van der Waals surface area contributed by atoms with Gasteiger partial charge in [0.15, 0.2) is 6.61 Å². The third-order valence-corrected chi connectivity index (χ3v) is 3.91. The van der Waals surface area contributed by atoms with Crippen molar-refractivity contribution in [2.45, 2.75) is 33.1 Å². The standard InChI is InChI=1S/C17H20N2O3/c1-11-4-3-5-13(8-11)21-10-16(20)18-17-14-9-12(2)6-7-15(14)19-22-17/h3-5,8,12H,6-7,9-10H2,1-2H3,(H,18,20). The number of hydrogen-bond donors (Lipinski definition) is 1. The normalized spacial score (nSPS) is 16.9.